The molecule has 1 unspecified atom stereocenters. The van der Waals surface area contributed by atoms with E-state index in [4.69, 9.17) is 5.26 Å². The summed E-state index contributed by atoms with van der Waals surface area (Å²) in [6.07, 6.45) is 0.642. The van der Waals surface area contributed by atoms with E-state index in [1.54, 1.807) is 4.90 Å². The second kappa shape index (κ2) is 7.23. The standard InChI is InChI=1S/C19H18N4O3/c1-13-2-4-14(5-3-13)12-22-9-8-17(19(22)24)21-16-6-7-18(23(25)26)15(10-16)11-20/h2-7,10,17,21H,8-9,12H2,1H3. The maximum Gasteiger partial charge on any atom is 0.287 e. The number of carbonyl (C=O) groups is 1. The fourth-order valence-electron chi connectivity index (χ4n) is 3.02. The molecule has 26 heavy (non-hydrogen) atoms. The summed E-state index contributed by atoms with van der Waals surface area (Å²) in [7, 11) is 0. The van der Waals surface area contributed by atoms with Gasteiger partial charge in [-0.15, -0.1) is 0 Å². The van der Waals surface area contributed by atoms with Crippen LogP contribution < -0.4 is 5.32 Å². The van der Waals surface area contributed by atoms with Crippen LogP contribution in [0.3, 0.4) is 0 Å². The lowest BCUT2D eigenvalue weighted by Gasteiger charge is -2.18. The third-order valence-corrected chi connectivity index (χ3v) is 4.45. The lowest BCUT2D eigenvalue weighted by molar-refractivity contribution is -0.385. The molecule has 1 amide bonds. The van der Waals surface area contributed by atoms with Crippen LogP contribution in [0.4, 0.5) is 11.4 Å². The number of hydrogen-bond acceptors (Lipinski definition) is 5. The highest BCUT2D eigenvalue weighted by atomic mass is 16.6. The van der Waals surface area contributed by atoms with Gasteiger partial charge in [0.15, 0.2) is 0 Å². The number of carbonyl (C=O) groups excluding carboxylic acids is 1. The van der Waals surface area contributed by atoms with E-state index in [1.807, 2.05) is 37.3 Å². The molecule has 3 rings (SSSR count). The first-order chi connectivity index (χ1) is 12.5. The summed E-state index contributed by atoms with van der Waals surface area (Å²) in [5.74, 6) is -0.0116. The van der Waals surface area contributed by atoms with Crippen molar-refractivity contribution in [1.82, 2.24) is 4.90 Å². The molecular weight excluding hydrogens is 332 g/mol. The molecular formula is C19H18N4O3. The number of rotatable bonds is 5. The minimum atomic E-state index is -0.591. The fraction of sp³-hybridized carbons (Fsp3) is 0.263. The molecule has 7 heteroatoms. The first-order valence-electron chi connectivity index (χ1n) is 8.27. The zero-order valence-electron chi connectivity index (χ0n) is 14.3. The van der Waals surface area contributed by atoms with Gasteiger partial charge in [-0.05, 0) is 31.0 Å². The SMILES string of the molecule is Cc1ccc(CN2CCC(Nc3ccc([N+](=O)[O-])c(C#N)c3)C2=O)cc1. The van der Waals surface area contributed by atoms with Crippen LogP contribution in [-0.2, 0) is 11.3 Å². The molecule has 1 saturated heterocycles. The Morgan fingerprint density at radius 1 is 1.31 bits per heavy atom. The molecule has 0 radical (unpaired) electrons. The molecule has 0 saturated carbocycles. The molecule has 0 bridgehead atoms. The van der Waals surface area contributed by atoms with Crippen LogP contribution >= 0.6 is 0 Å². The number of aryl methyl sites for hydroxylation is 1. The van der Waals surface area contributed by atoms with E-state index in [2.05, 4.69) is 5.32 Å². The second-order valence-electron chi connectivity index (χ2n) is 6.33. The molecule has 1 atom stereocenters. The molecule has 1 fully saturated rings. The van der Waals surface area contributed by atoms with Gasteiger partial charge in [-0.25, -0.2) is 0 Å². The predicted molar refractivity (Wildman–Crippen MR) is 96.4 cm³/mol. The zero-order chi connectivity index (χ0) is 18.7. The number of nitrogens with one attached hydrogen (secondary N) is 1. The maximum absolute atomic E-state index is 12.6. The summed E-state index contributed by atoms with van der Waals surface area (Å²) in [5, 5.41) is 23.1. The van der Waals surface area contributed by atoms with E-state index in [1.165, 1.54) is 23.8 Å². The lowest BCUT2D eigenvalue weighted by Crippen LogP contribution is -2.33. The Balaban J connectivity index is 1.68. The molecule has 132 valence electrons. The minimum Gasteiger partial charge on any atom is -0.374 e. The molecule has 2 aromatic rings. The number of nitrogens with zero attached hydrogens (tertiary/aromatic N) is 3. The molecule has 1 N–H and O–H groups in total. The van der Waals surface area contributed by atoms with Crippen molar-refractivity contribution < 1.29 is 9.72 Å². The number of anilines is 1. The van der Waals surface area contributed by atoms with Gasteiger partial charge in [0, 0.05) is 24.8 Å². The summed E-state index contributed by atoms with van der Waals surface area (Å²) in [6.45, 7) is 3.22. The third kappa shape index (κ3) is 3.64. The molecule has 7 nitrogen and oxygen atoms in total. The summed E-state index contributed by atoms with van der Waals surface area (Å²) < 4.78 is 0. The summed E-state index contributed by atoms with van der Waals surface area (Å²) >= 11 is 0. The van der Waals surface area contributed by atoms with Crippen LogP contribution in [0.1, 0.15) is 23.1 Å². The van der Waals surface area contributed by atoms with Crippen LogP contribution in [0.5, 0.6) is 0 Å². The minimum absolute atomic E-state index is 0.0116. The van der Waals surface area contributed by atoms with Crippen LogP contribution in [0, 0.1) is 28.4 Å². The summed E-state index contributed by atoms with van der Waals surface area (Å²) in [4.78, 5) is 24.7. The molecule has 1 aliphatic heterocycles. The Morgan fingerprint density at radius 2 is 2.04 bits per heavy atom. The number of nitro groups is 1. The normalized spacial score (nSPS) is 16.4. The van der Waals surface area contributed by atoms with Gasteiger partial charge in [-0.3, -0.25) is 14.9 Å². The van der Waals surface area contributed by atoms with Gasteiger partial charge in [0.2, 0.25) is 5.91 Å². The Bertz CT molecular complexity index is 887. The van der Waals surface area contributed by atoms with E-state index in [-0.39, 0.29) is 17.2 Å². The maximum atomic E-state index is 12.6. The van der Waals surface area contributed by atoms with Crippen molar-refractivity contribution in [2.75, 3.05) is 11.9 Å². The topological polar surface area (TPSA) is 99.3 Å². The van der Waals surface area contributed by atoms with E-state index < -0.39 is 11.0 Å². The van der Waals surface area contributed by atoms with Gasteiger partial charge in [0.1, 0.15) is 17.7 Å². The van der Waals surface area contributed by atoms with Gasteiger partial charge in [0.05, 0.1) is 4.92 Å². The fourth-order valence-corrected chi connectivity index (χ4v) is 3.02. The van der Waals surface area contributed by atoms with Crippen LogP contribution in [0.15, 0.2) is 42.5 Å². The molecule has 0 aliphatic carbocycles. The predicted octanol–water partition coefficient (Wildman–Crippen LogP) is 2.99. The Labute approximate surface area is 151 Å². The smallest absolute Gasteiger partial charge is 0.287 e. The lowest BCUT2D eigenvalue weighted by atomic mass is 10.1. The number of nitro benzene ring substituents is 1. The Kier molecular flexibility index (Phi) is 4.85. The van der Waals surface area contributed by atoms with Crippen molar-refractivity contribution in [3.8, 4) is 6.07 Å². The van der Waals surface area contributed by atoms with Gasteiger partial charge in [-0.2, -0.15) is 5.26 Å². The van der Waals surface area contributed by atoms with Gasteiger partial charge in [-0.1, -0.05) is 29.8 Å². The molecule has 0 spiro atoms. The van der Waals surface area contributed by atoms with E-state index in [9.17, 15) is 14.9 Å². The van der Waals surface area contributed by atoms with Crippen LogP contribution in [-0.4, -0.2) is 28.3 Å². The number of benzene rings is 2. The molecule has 1 aliphatic rings. The Hall–Kier alpha value is -3.40. The highest BCUT2D eigenvalue weighted by molar-refractivity contribution is 5.86. The zero-order valence-corrected chi connectivity index (χ0v) is 14.3. The number of amides is 1. The van der Waals surface area contributed by atoms with Crippen molar-refractivity contribution in [3.05, 3.63) is 69.3 Å². The molecule has 1 heterocycles. The van der Waals surface area contributed by atoms with Crippen molar-refractivity contribution in [1.29, 1.82) is 5.26 Å². The van der Waals surface area contributed by atoms with Crippen molar-refractivity contribution in [3.63, 3.8) is 0 Å². The first kappa shape index (κ1) is 17.4. The van der Waals surface area contributed by atoms with Crippen molar-refractivity contribution in [2.45, 2.75) is 25.9 Å². The number of nitriles is 1. The summed E-state index contributed by atoms with van der Waals surface area (Å²) in [5.41, 5.74) is 2.51. The Morgan fingerprint density at radius 3 is 2.69 bits per heavy atom. The van der Waals surface area contributed by atoms with E-state index in [0.29, 0.717) is 25.2 Å². The quantitative estimate of drug-likeness (QED) is 0.660. The monoisotopic (exact) mass is 350 g/mol. The van der Waals surface area contributed by atoms with Crippen molar-refractivity contribution in [2.24, 2.45) is 0 Å². The van der Waals surface area contributed by atoms with Gasteiger partial charge >= 0.3 is 0 Å². The first-order valence-corrected chi connectivity index (χ1v) is 8.27. The average molecular weight is 350 g/mol. The van der Waals surface area contributed by atoms with Crippen molar-refractivity contribution >= 4 is 17.3 Å². The summed E-state index contributed by atoms with van der Waals surface area (Å²) in [6, 6.07) is 13.7. The van der Waals surface area contributed by atoms with Crippen LogP contribution in [0.2, 0.25) is 0 Å². The second-order valence-corrected chi connectivity index (χ2v) is 6.33. The largest absolute Gasteiger partial charge is 0.374 e. The van der Waals surface area contributed by atoms with E-state index >= 15 is 0 Å². The third-order valence-electron chi connectivity index (χ3n) is 4.45. The molecule has 2 aromatic carbocycles. The highest BCUT2D eigenvalue weighted by Crippen LogP contribution is 2.24. The number of hydrogen-bond donors (Lipinski definition) is 1. The number of likely N-dealkylation sites (tertiary alicyclic amines) is 1. The van der Waals surface area contributed by atoms with Crippen LogP contribution in [0.25, 0.3) is 0 Å². The molecule has 0 aromatic heterocycles. The van der Waals surface area contributed by atoms with Gasteiger partial charge < -0.3 is 10.2 Å². The van der Waals surface area contributed by atoms with E-state index in [0.717, 1.165) is 5.56 Å². The average Bonchev–Trinajstić information content (AvgIpc) is 2.96. The van der Waals surface area contributed by atoms with Gasteiger partial charge in [0.25, 0.3) is 5.69 Å². The highest BCUT2D eigenvalue weighted by Gasteiger charge is 2.31.